The van der Waals surface area contributed by atoms with Gasteiger partial charge in [0.15, 0.2) is 0 Å². The standard InChI is InChI=1S/C13H19ClN2O/c14-12-3-1-2-11(10-12)13(15)4-5-16-6-8-17-9-7-16/h1-3,10,13H,4-9,15H2. The number of hydrogen-bond donors (Lipinski definition) is 1. The second-order valence-electron chi connectivity index (χ2n) is 4.40. The van der Waals surface area contributed by atoms with Gasteiger partial charge in [0, 0.05) is 30.7 Å². The van der Waals surface area contributed by atoms with Crippen molar-refractivity contribution in [2.24, 2.45) is 5.73 Å². The zero-order chi connectivity index (χ0) is 12.1. The molecule has 2 N–H and O–H groups in total. The van der Waals surface area contributed by atoms with Crippen molar-refractivity contribution >= 4 is 11.6 Å². The normalized spacial score (nSPS) is 19.2. The Morgan fingerprint density at radius 1 is 1.35 bits per heavy atom. The van der Waals surface area contributed by atoms with Crippen molar-refractivity contribution in [1.82, 2.24) is 4.90 Å². The summed E-state index contributed by atoms with van der Waals surface area (Å²) in [6.07, 6.45) is 0.959. The Balaban J connectivity index is 1.82. The fourth-order valence-corrected chi connectivity index (χ4v) is 2.25. The largest absolute Gasteiger partial charge is 0.379 e. The molecule has 1 unspecified atom stereocenters. The van der Waals surface area contributed by atoms with Gasteiger partial charge in [-0.2, -0.15) is 0 Å². The molecule has 0 amide bonds. The smallest absolute Gasteiger partial charge is 0.0594 e. The molecule has 2 rings (SSSR count). The monoisotopic (exact) mass is 254 g/mol. The van der Waals surface area contributed by atoms with Crippen molar-refractivity contribution in [3.63, 3.8) is 0 Å². The van der Waals surface area contributed by atoms with Gasteiger partial charge >= 0.3 is 0 Å². The summed E-state index contributed by atoms with van der Waals surface area (Å²) in [5.41, 5.74) is 7.28. The van der Waals surface area contributed by atoms with Crippen molar-refractivity contribution < 1.29 is 4.74 Å². The number of ether oxygens (including phenoxy) is 1. The van der Waals surface area contributed by atoms with Crippen LogP contribution in [0.15, 0.2) is 24.3 Å². The van der Waals surface area contributed by atoms with Crippen molar-refractivity contribution in [2.45, 2.75) is 12.5 Å². The van der Waals surface area contributed by atoms with Crippen LogP contribution in [0.1, 0.15) is 18.0 Å². The molecule has 4 heteroatoms. The summed E-state index contributed by atoms with van der Waals surface area (Å²) in [7, 11) is 0. The molecule has 1 atom stereocenters. The molecule has 0 aliphatic carbocycles. The lowest BCUT2D eigenvalue weighted by Crippen LogP contribution is -2.37. The summed E-state index contributed by atoms with van der Waals surface area (Å²) < 4.78 is 5.32. The third kappa shape index (κ3) is 3.96. The summed E-state index contributed by atoms with van der Waals surface area (Å²) in [6, 6.07) is 7.88. The topological polar surface area (TPSA) is 38.5 Å². The fraction of sp³-hybridized carbons (Fsp3) is 0.538. The number of halogens is 1. The second-order valence-corrected chi connectivity index (χ2v) is 4.84. The van der Waals surface area contributed by atoms with Gasteiger partial charge in [0.1, 0.15) is 0 Å². The SMILES string of the molecule is NC(CCN1CCOCC1)c1cccc(Cl)c1. The van der Waals surface area contributed by atoms with Crippen LogP contribution in [0.4, 0.5) is 0 Å². The lowest BCUT2D eigenvalue weighted by atomic mass is 10.0. The predicted molar refractivity (Wildman–Crippen MR) is 70.3 cm³/mol. The first-order valence-electron chi connectivity index (χ1n) is 6.07. The highest BCUT2D eigenvalue weighted by Crippen LogP contribution is 2.18. The van der Waals surface area contributed by atoms with E-state index in [2.05, 4.69) is 4.90 Å². The summed E-state index contributed by atoms with van der Waals surface area (Å²) in [6.45, 7) is 4.74. The van der Waals surface area contributed by atoms with Crippen LogP contribution in [0, 0.1) is 0 Å². The van der Waals surface area contributed by atoms with E-state index >= 15 is 0 Å². The van der Waals surface area contributed by atoms with Crippen LogP contribution in [0.25, 0.3) is 0 Å². The number of morpholine rings is 1. The van der Waals surface area contributed by atoms with E-state index in [4.69, 9.17) is 22.1 Å². The highest BCUT2D eigenvalue weighted by molar-refractivity contribution is 6.30. The van der Waals surface area contributed by atoms with E-state index < -0.39 is 0 Å². The van der Waals surface area contributed by atoms with E-state index in [1.807, 2.05) is 24.3 Å². The zero-order valence-electron chi connectivity index (χ0n) is 9.94. The van der Waals surface area contributed by atoms with E-state index in [-0.39, 0.29) is 6.04 Å². The molecular weight excluding hydrogens is 236 g/mol. The quantitative estimate of drug-likeness (QED) is 0.894. The Morgan fingerprint density at radius 2 is 2.12 bits per heavy atom. The summed E-state index contributed by atoms with van der Waals surface area (Å²) >= 11 is 5.96. The van der Waals surface area contributed by atoms with Crippen LogP contribution in [0.5, 0.6) is 0 Å². The first-order valence-corrected chi connectivity index (χ1v) is 6.44. The van der Waals surface area contributed by atoms with Gasteiger partial charge in [0.05, 0.1) is 13.2 Å². The van der Waals surface area contributed by atoms with Crippen LogP contribution < -0.4 is 5.73 Å². The maximum Gasteiger partial charge on any atom is 0.0594 e. The molecule has 0 aromatic heterocycles. The molecule has 1 aromatic rings. The second kappa shape index (κ2) is 6.36. The number of hydrogen-bond acceptors (Lipinski definition) is 3. The number of rotatable bonds is 4. The van der Waals surface area contributed by atoms with Gasteiger partial charge in [0.2, 0.25) is 0 Å². The van der Waals surface area contributed by atoms with E-state index in [0.29, 0.717) is 0 Å². The van der Waals surface area contributed by atoms with Crippen LogP contribution in [0.3, 0.4) is 0 Å². The van der Waals surface area contributed by atoms with E-state index in [1.54, 1.807) is 0 Å². The molecule has 17 heavy (non-hydrogen) atoms. The van der Waals surface area contributed by atoms with Crippen LogP contribution in [-0.4, -0.2) is 37.7 Å². The maximum atomic E-state index is 6.16. The highest BCUT2D eigenvalue weighted by atomic mass is 35.5. The van der Waals surface area contributed by atoms with E-state index in [0.717, 1.165) is 49.9 Å². The average molecular weight is 255 g/mol. The zero-order valence-corrected chi connectivity index (χ0v) is 10.7. The summed E-state index contributed by atoms with van der Waals surface area (Å²) in [5.74, 6) is 0. The van der Waals surface area contributed by atoms with Gasteiger partial charge in [-0.25, -0.2) is 0 Å². The van der Waals surface area contributed by atoms with Crippen molar-refractivity contribution in [1.29, 1.82) is 0 Å². The molecule has 1 aliphatic rings. The third-order valence-corrected chi connectivity index (χ3v) is 3.37. The number of nitrogens with two attached hydrogens (primary N) is 1. The van der Waals surface area contributed by atoms with Crippen LogP contribution in [0.2, 0.25) is 5.02 Å². The van der Waals surface area contributed by atoms with Gasteiger partial charge in [-0.1, -0.05) is 23.7 Å². The molecule has 94 valence electrons. The highest BCUT2D eigenvalue weighted by Gasteiger charge is 2.12. The first-order chi connectivity index (χ1) is 8.25. The molecule has 1 heterocycles. The van der Waals surface area contributed by atoms with E-state index in [9.17, 15) is 0 Å². The molecule has 1 saturated heterocycles. The molecule has 1 aromatic carbocycles. The fourth-order valence-electron chi connectivity index (χ4n) is 2.05. The lowest BCUT2D eigenvalue weighted by Gasteiger charge is -2.27. The minimum Gasteiger partial charge on any atom is -0.379 e. The Morgan fingerprint density at radius 3 is 2.82 bits per heavy atom. The molecule has 0 bridgehead atoms. The predicted octanol–water partition coefficient (Wildman–Crippen LogP) is 2.06. The van der Waals surface area contributed by atoms with Crippen molar-refractivity contribution in [3.8, 4) is 0 Å². The number of benzene rings is 1. The van der Waals surface area contributed by atoms with Gasteiger partial charge in [-0.15, -0.1) is 0 Å². The van der Waals surface area contributed by atoms with Crippen LogP contribution >= 0.6 is 11.6 Å². The Bertz CT molecular complexity index is 353. The lowest BCUT2D eigenvalue weighted by molar-refractivity contribution is 0.0366. The molecule has 0 spiro atoms. The van der Waals surface area contributed by atoms with Gasteiger partial charge < -0.3 is 10.5 Å². The molecule has 1 aliphatic heterocycles. The van der Waals surface area contributed by atoms with Gasteiger partial charge in [-0.3, -0.25) is 4.90 Å². The minimum absolute atomic E-state index is 0.0662. The molecule has 0 radical (unpaired) electrons. The van der Waals surface area contributed by atoms with Gasteiger partial charge in [-0.05, 0) is 24.1 Å². The molecule has 3 nitrogen and oxygen atoms in total. The Kier molecular flexibility index (Phi) is 4.80. The Labute approximate surface area is 107 Å². The average Bonchev–Trinajstić information content (AvgIpc) is 2.37. The van der Waals surface area contributed by atoms with Crippen molar-refractivity contribution in [3.05, 3.63) is 34.9 Å². The molecule has 0 saturated carbocycles. The Hall–Kier alpha value is -0.610. The summed E-state index contributed by atoms with van der Waals surface area (Å²) in [4.78, 5) is 2.40. The number of nitrogens with zero attached hydrogens (tertiary/aromatic N) is 1. The van der Waals surface area contributed by atoms with Gasteiger partial charge in [0.25, 0.3) is 0 Å². The molecular formula is C13H19ClN2O. The summed E-state index contributed by atoms with van der Waals surface area (Å²) in [5, 5.41) is 0.754. The third-order valence-electron chi connectivity index (χ3n) is 3.14. The van der Waals surface area contributed by atoms with Crippen molar-refractivity contribution in [2.75, 3.05) is 32.8 Å². The first kappa shape index (κ1) is 12.8. The maximum absolute atomic E-state index is 6.16. The van der Waals surface area contributed by atoms with Crippen LogP contribution in [-0.2, 0) is 4.74 Å². The van der Waals surface area contributed by atoms with E-state index in [1.165, 1.54) is 0 Å². The minimum atomic E-state index is 0.0662. The molecule has 1 fully saturated rings.